The molecule has 2 fully saturated rings. The molecule has 2 heterocycles. The Morgan fingerprint density at radius 3 is 1.79 bits per heavy atom. The predicted octanol–water partition coefficient (Wildman–Crippen LogP) is 7.30. The molecule has 1 aromatic carbocycles. The number of hydrogen-bond donors (Lipinski definition) is 0. The summed E-state index contributed by atoms with van der Waals surface area (Å²) in [6, 6.07) is 6.91. The molecule has 0 aliphatic carbocycles. The van der Waals surface area contributed by atoms with Gasteiger partial charge in [-0.1, -0.05) is 12.1 Å². The van der Waals surface area contributed by atoms with Crippen molar-refractivity contribution in [1.29, 1.82) is 0 Å². The largest absolute Gasteiger partial charge is 0.377 e. The molecule has 0 saturated carbocycles. The van der Waals surface area contributed by atoms with Crippen LogP contribution in [0.1, 0.15) is 44.1 Å². The van der Waals surface area contributed by atoms with Gasteiger partial charge in [-0.25, -0.2) is 8.97 Å². The molecule has 0 aromatic heterocycles. The zero-order valence-electron chi connectivity index (χ0n) is 16.0. The third-order valence-corrected chi connectivity index (χ3v) is 4.60. The molecule has 0 spiro atoms. The van der Waals surface area contributed by atoms with Crippen LogP contribution in [0.2, 0.25) is 0 Å². The predicted molar refractivity (Wildman–Crippen MR) is 103 cm³/mol. The van der Waals surface area contributed by atoms with E-state index in [0.717, 1.165) is 31.7 Å². The summed E-state index contributed by atoms with van der Waals surface area (Å²) < 4.78 is 74.8. The summed E-state index contributed by atoms with van der Waals surface area (Å²) in [6.07, 6.45) is 12.3. The molecule has 1 aromatic rings. The van der Waals surface area contributed by atoms with Gasteiger partial charge < -0.3 is 4.90 Å². The summed E-state index contributed by atoms with van der Waals surface area (Å²) in [5.74, 6) is -0.168. The van der Waals surface area contributed by atoms with Gasteiger partial charge in [0, 0.05) is 32.1 Å². The molecule has 0 radical (unpaired) electrons. The number of piperidine rings is 2. The van der Waals surface area contributed by atoms with Crippen LogP contribution in [0.15, 0.2) is 30.5 Å². The molecule has 2 saturated heterocycles. The van der Waals surface area contributed by atoms with Crippen molar-refractivity contribution >= 4 is 19.6 Å². The SMILES string of the molecule is F[P-](F)(F)(F)(F)F.Fc1ccc(/C(C=[N+]2CCCCC2)=C\N2CCCCC2)cc1. The summed E-state index contributed by atoms with van der Waals surface area (Å²) >= 11 is 0. The van der Waals surface area contributed by atoms with Crippen molar-refractivity contribution in [2.45, 2.75) is 38.5 Å². The third kappa shape index (κ3) is 11.8. The van der Waals surface area contributed by atoms with E-state index in [4.69, 9.17) is 0 Å². The molecule has 0 atom stereocenters. The van der Waals surface area contributed by atoms with Gasteiger partial charge in [0.25, 0.3) is 0 Å². The maximum atomic E-state index is 13.2. The smallest absolute Gasteiger partial charge is 0.172 e. The van der Waals surface area contributed by atoms with Gasteiger partial charge >= 0.3 is 33.0 Å². The molecule has 0 amide bonds. The second-order valence-electron chi connectivity index (χ2n) is 7.37. The van der Waals surface area contributed by atoms with Crippen LogP contribution in [0.5, 0.6) is 0 Å². The van der Waals surface area contributed by atoms with Crippen LogP contribution in [0, 0.1) is 5.82 Å². The fourth-order valence-corrected chi connectivity index (χ4v) is 3.31. The van der Waals surface area contributed by atoms with Crippen molar-refractivity contribution < 1.29 is 34.1 Å². The monoisotopic (exact) mass is 446 g/mol. The first-order chi connectivity index (χ1) is 13.3. The Bertz CT molecular complexity index is 715. The van der Waals surface area contributed by atoms with E-state index >= 15 is 0 Å². The summed E-state index contributed by atoms with van der Waals surface area (Å²) in [5.41, 5.74) is 2.32. The summed E-state index contributed by atoms with van der Waals surface area (Å²) in [6.45, 7) is 4.55. The molecule has 2 aliphatic heterocycles. The van der Waals surface area contributed by atoms with Gasteiger partial charge in [0.2, 0.25) is 0 Å². The number of nitrogens with zero attached hydrogens (tertiary/aromatic N) is 2. The molecule has 2 nitrogen and oxygen atoms in total. The van der Waals surface area contributed by atoms with Crippen LogP contribution in [0.3, 0.4) is 0 Å². The van der Waals surface area contributed by atoms with Crippen LogP contribution in [0.25, 0.3) is 5.57 Å². The first-order valence-electron chi connectivity index (χ1n) is 9.63. The molecule has 3 rings (SSSR count). The summed E-state index contributed by atoms with van der Waals surface area (Å²) in [5, 5.41) is 0. The van der Waals surface area contributed by atoms with Gasteiger partial charge in [-0.05, 0) is 43.4 Å². The van der Waals surface area contributed by atoms with Crippen molar-refractivity contribution in [1.82, 2.24) is 4.90 Å². The minimum absolute atomic E-state index is 0.168. The first kappa shape index (κ1) is 23.6. The van der Waals surface area contributed by atoms with Crippen molar-refractivity contribution in [3.05, 3.63) is 41.8 Å². The first-order valence-corrected chi connectivity index (χ1v) is 11.7. The number of benzene rings is 1. The average molecular weight is 446 g/mol. The van der Waals surface area contributed by atoms with Crippen molar-refractivity contribution in [3.8, 4) is 0 Å². The minimum atomic E-state index is -10.7. The fourth-order valence-electron chi connectivity index (χ4n) is 3.31. The number of hydrogen-bond acceptors (Lipinski definition) is 1. The minimum Gasteiger partial charge on any atom is -0.377 e. The van der Waals surface area contributed by atoms with Gasteiger partial charge in [-0.15, -0.1) is 0 Å². The van der Waals surface area contributed by atoms with Gasteiger partial charge in [0.15, 0.2) is 6.21 Å². The van der Waals surface area contributed by atoms with E-state index in [1.54, 1.807) is 12.1 Å². The molecule has 0 N–H and O–H groups in total. The second kappa shape index (κ2) is 8.62. The Morgan fingerprint density at radius 2 is 1.28 bits per heavy atom. The van der Waals surface area contributed by atoms with E-state index in [2.05, 4.69) is 21.9 Å². The van der Waals surface area contributed by atoms with E-state index in [-0.39, 0.29) is 5.82 Å². The number of rotatable bonds is 3. The van der Waals surface area contributed by atoms with Crippen LogP contribution in [-0.2, 0) is 0 Å². The third-order valence-electron chi connectivity index (χ3n) is 4.60. The standard InChI is InChI=1S/C19H26FN2.F6P/c20-19-9-7-17(8-10-19)18(15-21-11-3-1-4-12-21)16-22-13-5-2-6-14-22;1-7(2,3,4,5)6/h7-10,15-16H,1-6,11-14H2;/q+1;-1. The van der Waals surface area contributed by atoms with E-state index < -0.39 is 7.81 Å². The van der Waals surface area contributed by atoms with Crippen LogP contribution < -0.4 is 0 Å². The van der Waals surface area contributed by atoms with Gasteiger partial charge in [-0.2, -0.15) is 0 Å². The Balaban J connectivity index is 0.000000370. The van der Waals surface area contributed by atoms with Crippen LogP contribution in [0.4, 0.5) is 29.6 Å². The van der Waals surface area contributed by atoms with Crippen molar-refractivity contribution in [2.24, 2.45) is 0 Å². The number of halogens is 7. The molecular weight excluding hydrogens is 420 g/mol. The Morgan fingerprint density at radius 1 is 0.793 bits per heavy atom. The Labute approximate surface area is 165 Å². The van der Waals surface area contributed by atoms with Crippen molar-refractivity contribution in [2.75, 3.05) is 26.2 Å². The second-order valence-corrected chi connectivity index (χ2v) is 9.29. The summed E-state index contributed by atoms with van der Waals surface area (Å²) in [7, 11) is -10.7. The zero-order valence-corrected chi connectivity index (χ0v) is 16.9. The molecule has 0 bridgehead atoms. The molecule has 29 heavy (non-hydrogen) atoms. The van der Waals surface area contributed by atoms with Crippen LogP contribution >= 0.6 is 7.81 Å². The molecular formula is C19H26F7N2P. The molecule has 166 valence electrons. The van der Waals surface area contributed by atoms with E-state index in [0.29, 0.717) is 0 Å². The number of allylic oxidation sites excluding steroid dienone is 1. The topological polar surface area (TPSA) is 6.25 Å². The normalized spacial score (nSPS) is 20.9. The Kier molecular flexibility index (Phi) is 7.03. The average Bonchev–Trinajstić information content (AvgIpc) is 2.61. The van der Waals surface area contributed by atoms with Crippen molar-refractivity contribution in [3.63, 3.8) is 0 Å². The summed E-state index contributed by atoms with van der Waals surface area (Å²) in [4.78, 5) is 2.42. The quantitative estimate of drug-likeness (QED) is 0.268. The Hall–Kier alpha value is -1.63. The van der Waals surface area contributed by atoms with E-state index in [1.165, 1.54) is 44.1 Å². The fraction of sp³-hybridized carbons (Fsp3) is 0.526. The molecule has 2 aliphatic rings. The zero-order chi connectivity index (χ0) is 21.6. The maximum absolute atomic E-state index is 13.2. The van der Waals surface area contributed by atoms with Gasteiger partial charge in [-0.3, -0.25) is 0 Å². The van der Waals surface area contributed by atoms with E-state index in [1.807, 2.05) is 12.1 Å². The molecule has 10 heteroatoms. The van der Waals surface area contributed by atoms with Gasteiger partial charge in [0.1, 0.15) is 18.9 Å². The van der Waals surface area contributed by atoms with Crippen LogP contribution in [-0.4, -0.2) is 41.9 Å². The maximum Gasteiger partial charge on any atom is 0.172 e. The van der Waals surface area contributed by atoms with E-state index in [9.17, 15) is 29.6 Å². The number of likely N-dealkylation sites (tertiary alicyclic amines) is 1. The van der Waals surface area contributed by atoms with Gasteiger partial charge in [0.05, 0.1) is 5.57 Å². The molecule has 0 unspecified atom stereocenters.